The van der Waals surface area contributed by atoms with Gasteiger partial charge in [-0.05, 0) is 45.0 Å². The van der Waals surface area contributed by atoms with Gasteiger partial charge < -0.3 is 15.4 Å². The molecule has 0 saturated carbocycles. The number of para-hydroxylation sites is 1. The highest BCUT2D eigenvalue weighted by Crippen LogP contribution is 2.18. The molecule has 0 bridgehead atoms. The number of aromatic nitrogens is 2. The Morgan fingerprint density at radius 1 is 1.17 bits per heavy atom. The first kappa shape index (κ1) is 21.3. The van der Waals surface area contributed by atoms with Crippen LogP contribution in [0.25, 0.3) is 5.69 Å². The standard InChI is InChI=1S/C22H24F2N4O2/c1-14(13-30-21-10-9-17(23)11-20(21)24)26-22(29)25-12-19-15(2)27-28(16(19)3)18-7-5-4-6-8-18/h4-11,14H,12-13H2,1-3H3,(H2,25,26,29). The molecule has 3 aromatic rings. The van der Waals surface area contributed by atoms with Crippen molar-refractivity contribution < 1.29 is 18.3 Å². The van der Waals surface area contributed by atoms with Gasteiger partial charge in [-0.15, -0.1) is 0 Å². The van der Waals surface area contributed by atoms with E-state index in [0.29, 0.717) is 6.54 Å². The molecule has 2 aromatic carbocycles. The van der Waals surface area contributed by atoms with Crippen LogP contribution in [-0.4, -0.2) is 28.5 Å². The average Bonchev–Trinajstić information content (AvgIpc) is 3.00. The molecule has 1 heterocycles. The molecule has 2 N–H and O–H groups in total. The normalized spacial score (nSPS) is 11.8. The van der Waals surface area contributed by atoms with E-state index in [-0.39, 0.29) is 24.4 Å². The zero-order chi connectivity index (χ0) is 21.7. The van der Waals surface area contributed by atoms with Crippen LogP contribution in [0.1, 0.15) is 23.9 Å². The van der Waals surface area contributed by atoms with Crippen molar-refractivity contribution >= 4 is 6.03 Å². The van der Waals surface area contributed by atoms with E-state index >= 15 is 0 Å². The number of carbonyl (C=O) groups excluding carboxylic acids is 1. The number of amides is 2. The first-order valence-corrected chi connectivity index (χ1v) is 9.58. The van der Waals surface area contributed by atoms with Crippen LogP contribution < -0.4 is 15.4 Å². The molecule has 6 nitrogen and oxygen atoms in total. The van der Waals surface area contributed by atoms with E-state index in [2.05, 4.69) is 15.7 Å². The van der Waals surface area contributed by atoms with E-state index in [0.717, 1.165) is 34.8 Å². The van der Waals surface area contributed by atoms with Crippen LogP contribution in [0.15, 0.2) is 48.5 Å². The van der Waals surface area contributed by atoms with Crippen molar-refractivity contribution in [1.29, 1.82) is 0 Å². The van der Waals surface area contributed by atoms with Crippen molar-refractivity contribution in [3.05, 3.63) is 77.1 Å². The van der Waals surface area contributed by atoms with Crippen LogP contribution in [-0.2, 0) is 6.54 Å². The third kappa shape index (κ3) is 5.14. The van der Waals surface area contributed by atoms with E-state index in [4.69, 9.17) is 4.74 Å². The largest absolute Gasteiger partial charge is 0.488 e. The summed E-state index contributed by atoms with van der Waals surface area (Å²) in [6, 6.07) is 12.1. The van der Waals surface area contributed by atoms with Crippen molar-refractivity contribution in [1.82, 2.24) is 20.4 Å². The second kappa shape index (κ2) is 9.39. The molecule has 0 fully saturated rings. The summed E-state index contributed by atoms with van der Waals surface area (Å²) >= 11 is 0. The van der Waals surface area contributed by atoms with Gasteiger partial charge in [0.25, 0.3) is 0 Å². The first-order chi connectivity index (χ1) is 14.3. The summed E-state index contributed by atoms with van der Waals surface area (Å²) in [7, 11) is 0. The van der Waals surface area contributed by atoms with Crippen LogP contribution in [0.2, 0.25) is 0 Å². The Labute approximate surface area is 173 Å². The van der Waals surface area contributed by atoms with Crippen LogP contribution >= 0.6 is 0 Å². The first-order valence-electron chi connectivity index (χ1n) is 9.58. The third-order valence-electron chi connectivity index (χ3n) is 4.63. The molecule has 1 aromatic heterocycles. The SMILES string of the molecule is Cc1nn(-c2ccccc2)c(C)c1CNC(=O)NC(C)COc1ccc(F)cc1F. The zero-order valence-corrected chi connectivity index (χ0v) is 17.1. The molecule has 0 aliphatic rings. The fourth-order valence-corrected chi connectivity index (χ4v) is 3.04. The number of ether oxygens (including phenoxy) is 1. The highest BCUT2D eigenvalue weighted by atomic mass is 19.1. The van der Waals surface area contributed by atoms with E-state index in [1.165, 1.54) is 6.07 Å². The Morgan fingerprint density at radius 2 is 1.90 bits per heavy atom. The molecule has 1 unspecified atom stereocenters. The summed E-state index contributed by atoms with van der Waals surface area (Å²) in [5.74, 6) is -1.52. The summed E-state index contributed by atoms with van der Waals surface area (Å²) in [5, 5.41) is 10.1. The lowest BCUT2D eigenvalue weighted by Gasteiger charge is -2.16. The number of urea groups is 1. The quantitative estimate of drug-likeness (QED) is 0.613. The van der Waals surface area contributed by atoms with Crippen LogP contribution in [0.3, 0.4) is 0 Å². The number of nitrogens with zero attached hydrogens (tertiary/aromatic N) is 2. The Morgan fingerprint density at radius 3 is 2.60 bits per heavy atom. The molecule has 0 saturated heterocycles. The van der Waals surface area contributed by atoms with Crippen molar-refractivity contribution in [3.63, 3.8) is 0 Å². The Kier molecular flexibility index (Phi) is 6.66. The van der Waals surface area contributed by atoms with Crippen molar-refractivity contribution in [2.24, 2.45) is 0 Å². The van der Waals surface area contributed by atoms with Gasteiger partial charge in [-0.1, -0.05) is 18.2 Å². The highest BCUT2D eigenvalue weighted by molar-refractivity contribution is 5.74. The molecule has 8 heteroatoms. The van der Waals surface area contributed by atoms with E-state index in [1.54, 1.807) is 6.92 Å². The summed E-state index contributed by atoms with van der Waals surface area (Å²) in [4.78, 5) is 12.2. The molecule has 1 atom stereocenters. The monoisotopic (exact) mass is 414 g/mol. The van der Waals surface area contributed by atoms with E-state index in [9.17, 15) is 13.6 Å². The molecular weight excluding hydrogens is 390 g/mol. The maximum Gasteiger partial charge on any atom is 0.315 e. The summed E-state index contributed by atoms with van der Waals surface area (Å²) in [5.41, 5.74) is 3.67. The number of hydrogen-bond donors (Lipinski definition) is 2. The molecule has 0 spiro atoms. The number of aryl methyl sites for hydroxylation is 1. The number of carbonyl (C=O) groups is 1. The molecule has 0 aliphatic heterocycles. The second-order valence-electron chi connectivity index (χ2n) is 7.01. The Bertz CT molecular complexity index is 1020. The number of hydrogen-bond acceptors (Lipinski definition) is 3. The maximum absolute atomic E-state index is 13.6. The van der Waals surface area contributed by atoms with Crippen LogP contribution in [0.5, 0.6) is 5.75 Å². The van der Waals surface area contributed by atoms with Gasteiger partial charge in [-0.2, -0.15) is 5.10 Å². The molecular formula is C22H24F2N4O2. The number of rotatable bonds is 7. The minimum atomic E-state index is -0.784. The van der Waals surface area contributed by atoms with E-state index in [1.807, 2.05) is 48.9 Å². The fraction of sp³-hybridized carbons (Fsp3) is 0.273. The zero-order valence-electron chi connectivity index (χ0n) is 17.1. The fourth-order valence-electron chi connectivity index (χ4n) is 3.04. The third-order valence-corrected chi connectivity index (χ3v) is 4.63. The molecule has 30 heavy (non-hydrogen) atoms. The minimum Gasteiger partial charge on any atom is -0.488 e. The molecule has 158 valence electrons. The lowest BCUT2D eigenvalue weighted by Crippen LogP contribution is -2.43. The van der Waals surface area contributed by atoms with Gasteiger partial charge in [0.05, 0.1) is 17.4 Å². The maximum atomic E-state index is 13.6. The van der Waals surface area contributed by atoms with Crippen LogP contribution in [0, 0.1) is 25.5 Å². The predicted octanol–water partition coefficient (Wildman–Crippen LogP) is 4.03. The summed E-state index contributed by atoms with van der Waals surface area (Å²) < 4.78 is 33.7. The topological polar surface area (TPSA) is 68.2 Å². The predicted molar refractivity (Wildman–Crippen MR) is 110 cm³/mol. The second-order valence-corrected chi connectivity index (χ2v) is 7.01. The molecule has 0 radical (unpaired) electrons. The Balaban J connectivity index is 1.52. The van der Waals surface area contributed by atoms with Crippen molar-refractivity contribution in [2.45, 2.75) is 33.4 Å². The van der Waals surface area contributed by atoms with Gasteiger partial charge in [0, 0.05) is 23.9 Å². The van der Waals surface area contributed by atoms with Gasteiger partial charge in [-0.25, -0.2) is 18.3 Å². The van der Waals surface area contributed by atoms with E-state index < -0.39 is 11.6 Å². The minimum absolute atomic E-state index is 0.0416. The number of nitrogens with one attached hydrogen (secondary N) is 2. The van der Waals surface area contributed by atoms with Crippen molar-refractivity contribution in [3.8, 4) is 11.4 Å². The summed E-state index contributed by atoms with van der Waals surface area (Å²) in [6.07, 6.45) is 0. The molecule has 3 rings (SSSR count). The Hall–Kier alpha value is -3.42. The lowest BCUT2D eigenvalue weighted by atomic mass is 10.2. The molecule has 0 aliphatic carbocycles. The van der Waals surface area contributed by atoms with Gasteiger partial charge in [0.2, 0.25) is 0 Å². The lowest BCUT2D eigenvalue weighted by molar-refractivity contribution is 0.224. The van der Waals surface area contributed by atoms with Crippen LogP contribution in [0.4, 0.5) is 13.6 Å². The van der Waals surface area contributed by atoms with Crippen molar-refractivity contribution in [2.75, 3.05) is 6.61 Å². The summed E-state index contributed by atoms with van der Waals surface area (Å²) in [6.45, 7) is 5.94. The molecule has 2 amide bonds. The van der Waals surface area contributed by atoms with Gasteiger partial charge in [0.15, 0.2) is 11.6 Å². The average molecular weight is 414 g/mol. The van der Waals surface area contributed by atoms with Gasteiger partial charge >= 0.3 is 6.03 Å². The van der Waals surface area contributed by atoms with Gasteiger partial charge in [-0.3, -0.25) is 0 Å². The number of halogens is 2. The smallest absolute Gasteiger partial charge is 0.315 e. The number of benzene rings is 2. The highest BCUT2D eigenvalue weighted by Gasteiger charge is 2.15. The van der Waals surface area contributed by atoms with Gasteiger partial charge in [0.1, 0.15) is 12.4 Å².